The molecule has 0 aliphatic heterocycles. The van der Waals surface area contributed by atoms with Gasteiger partial charge in [0.1, 0.15) is 0 Å². The first kappa shape index (κ1) is 21.8. The molecule has 3 aromatic rings. The Morgan fingerprint density at radius 1 is 1.07 bits per heavy atom. The molecule has 0 aliphatic carbocycles. The Morgan fingerprint density at radius 2 is 1.80 bits per heavy atom. The smallest absolute Gasteiger partial charge is 0.264 e. The van der Waals surface area contributed by atoms with Gasteiger partial charge in [-0.2, -0.15) is 0 Å². The molecule has 0 fully saturated rings. The first-order valence-electron chi connectivity index (χ1n) is 8.59. The summed E-state index contributed by atoms with van der Waals surface area (Å²) < 4.78 is 27.2. The quantitative estimate of drug-likeness (QED) is 0.523. The average Bonchev–Trinajstić information content (AvgIpc) is 2.67. The third-order valence-electron chi connectivity index (χ3n) is 3.83. The molecule has 1 heterocycles. The zero-order valence-corrected chi connectivity index (χ0v) is 18.0. The first-order chi connectivity index (χ1) is 14.2. The normalized spacial score (nSPS) is 11.4. The Hall–Kier alpha value is -2.94. The van der Waals surface area contributed by atoms with Crippen LogP contribution in [0.15, 0.2) is 65.7 Å². The van der Waals surface area contributed by atoms with Gasteiger partial charge < -0.3 is 5.32 Å². The molecule has 154 valence electrons. The Bertz CT molecular complexity index is 1210. The number of carbonyl (C=O) groups excluding carboxylic acids is 1. The standard InChI is InChI=1S/C20H16Cl2N4O3S/c1-13-10-11-23-20(24-13)26-30(28,29)17-7-5-16(6-8-17)25-19(27)9-3-14-2-4-15(21)12-18(14)22/h2-12H,1H3,(H,25,27)(H,23,24,26). The van der Waals surface area contributed by atoms with Crippen LogP contribution in [-0.2, 0) is 14.8 Å². The van der Waals surface area contributed by atoms with E-state index in [4.69, 9.17) is 23.2 Å². The fraction of sp³-hybridized carbons (Fsp3) is 0.0500. The van der Waals surface area contributed by atoms with Gasteiger partial charge in [0.25, 0.3) is 10.0 Å². The van der Waals surface area contributed by atoms with Crippen LogP contribution in [0.1, 0.15) is 11.3 Å². The lowest BCUT2D eigenvalue weighted by Crippen LogP contribution is -2.15. The van der Waals surface area contributed by atoms with Gasteiger partial charge in [-0.1, -0.05) is 29.3 Å². The van der Waals surface area contributed by atoms with E-state index < -0.39 is 15.9 Å². The maximum Gasteiger partial charge on any atom is 0.264 e. The van der Waals surface area contributed by atoms with Gasteiger partial charge in [0.05, 0.1) is 4.90 Å². The third-order valence-corrected chi connectivity index (χ3v) is 5.74. The van der Waals surface area contributed by atoms with Crippen molar-refractivity contribution in [2.45, 2.75) is 11.8 Å². The third kappa shape index (κ3) is 5.79. The molecular formula is C20H16Cl2N4O3S. The Morgan fingerprint density at radius 3 is 2.47 bits per heavy atom. The fourth-order valence-electron chi connectivity index (χ4n) is 2.38. The van der Waals surface area contributed by atoms with Gasteiger partial charge in [0.2, 0.25) is 11.9 Å². The summed E-state index contributed by atoms with van der Waals surface area (Å²) >= 11 is 11.9. The number of halogens is 2. The maximum absolute atomic E-state index is 12.5. The first-order valence-corrected chi connectivity index (χ1v) is 10.8. The van der Waals surface area contributed by atoms with E-state index in [-0.39, 0.29) is 10.8 Å². The van der Waals surface area contributed by atoms with Crippen LogP contribution in [0.3, 0.4) is 0 Å². The number of hydrogen-bond donors (Lipinski definition) is 2. The molecule has 30 heavy (non-hydrogen) atoms. The minimum atomic E-state index is -3.86. The van der Waals surface area contributed by atoms with Crippen LogP contribution in [0.2, 0.25) is 10.0 Å². The molecule has 2 aromatic carbocycles. The molecule has 2 N–H and O–H groups in total. The fourth-order valence-corrected chi connectivity index (χ4v) is 3.80. The topological polar surface area (TPSA) is 101 Å². The van der Waals surface area contributed by atoms with E-state index in [0.29, 0.717) is 27.0 Å². The summed E-state index contributed by atoms with van der Waals surface area (Å²) in [5, 5.41) is 3.57. The molecule has 0 spiro atoms. The monoisotopic (exact) mass is 462 g/mol. The molecule has 0 unspecified atom stereocenters. The number of rotatable bonds is 6. The summed E-state index contributed by atoms with van der Waals surface area (Å²) in [6.45, 7) is 1.73. The van der Waals surface area contributed by atoms with E-state index >= 15 is 0 Å². The van der Waals surface area contributed by atoms with Crippen LogP contribution in [-0.4, -0.2) is 24.3 Å². The van der Waals surface area contributed by atoms with Crippen LogP contribution in [0.4, 0.5) is 11.6 Å². The van der Waals surface area contributed by atoms with Gasteiger partial charge in [-0.05, 0) is 61.0 Å². The highest BCUT2D eigenvalue weighted by molar-refractivity contribution is 7.92. The predicted molar refractivity (Wildman–Crippen MR) is 118 cm³/mol. The summed E-state index contributed by atoms with van der Waals surface area (Å²) in [6.07, 6.45) is 4.33. The van der Waals surface area contributed by atoms with Gasteiger partial charge in [-0.25, -0.2) is 23.1 Å². The Labute approximate surface area is 183 Å². The van der Waals surface area contributed by atoms with Crippen molar-refractivity contribution < 1.29 is 13.2 Å². The van der Waals surface area contributed by atoms with Crippen molar-refractivity contribution in [3.63, 3.8) is 0 Å². The molecule has 0 bridgehead atoms. The van der Waals surface area contributed by atoms with Crippen molar-refractivity contribution in [2.24, 2.45) is 0 Å². The molecule has 7 nitrogen and oxygen atoms in total. The minimum absolute atomic E-state index is 0.00842. The lowest BCUT2D eigenvalue weighted by Gasteiger charge is -2.08. The number of aryl methyl sites for hydroxylation is 1. The zero-order chi connectivity index (χ0) is 21.7. The number of hydrogen-bond acceptors (Lipinski definition) is 5. The SMILES string of the molecule is Cc1ccnc(NS(=O)(=O)c2ccc(NC(=O)C=Cc3ccc(Cl)cc3Cl)cc2)n1. The van der Waals surface area contributed by atoms with Gasteiger partial charge >= 0.3 is 0 Å². The second-order valence-corrected chi connectivity index (χ2v) is 8.67. The molecule has 1 aromatic heterocycles. The predicted octanol–water partition coefficient (Wildman–Crippen LogP) is 4.54. The van der Waals surface area contributed by atoms with Crippen molar-refractivity contribution in [1.82, 2.24) is 9.97 Å². The largest absolute Gasteiger partial charge is 0.323 e. The number of anilines is 2. The summed E-state index contributed by atoms with van der Waals surface area (Å²) in [4.78, 5) is 20.0. The lowest BCUT2D eigenvalue weighted by molar-refractivity contribution is -0.111. The van der Waals surface area contributed by atoms with Gasteiger partial charge in [-0.3, -0.25) is 4.79 Å². The van der Waals surface area contributed by atoms with Gasteiger partial charge in [0.15, 0.2) is 0 Å². The molecule has 3 rings (SSSR count). The highest BCUT2D eigenvalue weighted by atomic mass is 35.5. The molecule has 0 aliphatic rings. The van der Waals surface area contributed by atoms with Crippen LogP contribution >= 0.6 is 23.2 Å². The van der Waals surface area contributed by atoms with Crippen LogP contribution in [0, 0.1) is 6.92 Å². The number of nitrogens with zero attached hydrogens (tertiary/aromatic N) is 2. The molecule has 0 radical (unpaired) electrons. The Balaban J connectivity index is 1.66. The van der Waals surface area contributed by atoms with Crippen molar-refractivity contribution in [3.05, 3.63) is 82.1 Å². The van der Waals surface area contributed by atoms with Crippen molar-refractivity contribution in [3.8, 4) is 0 Å². The van der Waals surface area contributed by atoms with Crippen molar-refractivity contribution in [1.29, 1.82) is 0 Å². The average molecular weight is 463 g/mol. The van der Waals surface area contributed by atoms with Gasteiger partial charge in [0, 0.05) is 33.7 Å². The number of carbonyl (C=O) groups is 1. The van der Waals surface area contributed by atoms with Crippen molar-refractivity contribution in [2.75, 3.05) is 10.0 Å². The molecule has 0 saturated carbocycles. The van der Waals surface area contributed by atoms with E-state index in [1.165, 1.54) is 36.5 Å². The number of amides is 1. The van der Waals surface area contributed by atoms with E-state index in [2.05, 4.69) is 20.0 Å². The summed E-state index contributed by atoms with van der Waals surface area (Å²) in [5.41, 5.74) is 1.70. The summed E-state index contributed by atoms with van der Waals surface area (Å²) in [6, 6.07) is 12.3. The van der Waals surface area contributed by atoms with E-state index in [0.717, 1.165) is 0 Å². The number of benzene rings is 2. The highest BCUT2D eigenvalue weighted by Crippen LogP contribution is 2.22. The van der Waals surface area contributed by atoms with Crippen LogP contribution in [0.25, 0.3) is 6.08 Å². The maximum atomic E-state index is 12.5. The van der Waals surface area contributed by atoms with E-state index in [1.807, 2.05) is 0 Å². The van der Waals surface area contributed by atoms with Crippen molar-refractivity contribution >= 4 is 56.8 Å². The highest BCUT2D eigenvalue weighted by Gasteiger charge is 2.15. The molecule has 1 amide bonds. The van der Waals surface area contributed by atoms with Gasteiger partial charge in [-0.15, -0.1) is 0 Å². The number of aromatic nitrogens is 2. The molecular weight excluding hydrogens is 447 g/mol. The van der Waals surface area contributed by atoms with E-state index in [1.54, 1.807) is 37.3 Å². The Kier molecular flexibility index (Phi) is 6.71. The lowest BCUT2D eigenvalue weighted by atomic mass is 10.2. The zero-order valence-electron chi connectivity index (χ0n) is 15.6. The second kappa shape index (κ2) is 9.25. The number of nitrogens with one attached hydrogen (secondary N) is 2. The second-order valence-electron chi connectivity index (χ2n) is 6.14. The van der Waals surface area contributed by atoms with Crippen LogP contribution < -0.4 is 10.0 Å². The molecule has 10 heteroatoms. The molecule has 0 saturated heterocycles. The number of sulfonamides is 1. The minimum Gasteiger partial charge on any atom is -0.323 e. The van der Waals surface area contributed by atoms with E-state index in [9.17, 15) is 13.2 Å². The molecule has 0 atom stereocenters. The summed E-state index contributed by atoms with van der Waals surface area (Å²) in [5.74, 6) is -0.415. The summed E-state index contributed by atoms with van der Waals surface area (Å²) in [7, 11) is -3.86. The van der Waals surface area contributed by atoms with Crippen LogP contribution in [0.5, 0.6) is 0 Å².